The van der Waals surface area contributed by atoms with Crippen LogP contribution in [0.2, 0.25) is 0 Å². The van der Waals surface area contributed by atoms with Crippen LogP contribution in [-0.4, -0.2) is 93.0 Å². The zero-order valence-electron chi connectivity index (χ0n) is 32.6. The molecule has 1 saturated carbocycles. The van der Waals surface area contributed by atoms with Crippen molar-refractivity contribution in [2.45, 2.75) is 82.0 Å². The van der Waals surface area contributed by atoms with Gasteiger partial charge in [-0.3, -0.25) is 33.6 Å². The van der Waals surface area contributed by atoms with Crippen LogP contribution in [0.1, 0.15) is 55.2 Å². The van der Waals surface area contributed by atoms with Gasteiger partial charge < -0.3 is 46.9 Å². The van der Waals surface area contributed by atoms with E-state index in [4.69, 9.17) is 0 Å². The number of carboxylic acids is 2. The van der Waals surface area contributed by atoms with Crippen LogP contribution < -0.4 is 26.6 Å². The van der Waals surface area contributed by atoms with Crippen molar-refractivity contribution in [3.8, 4) is 5.75 Å². The number of nitrogens with one attached hydrogen (secondary N) is 6. The van der Waals surface area contributed by atoms with Crippen LogP contribution in [0.25, 0.3) is 10.9 Å². The lowest BCUT2D eigenvalue weighted by Gasteiger charge is -2.30. The fourth-order valence-corrected chi connectivity index (χ4v) is 7.41. The summed E-state index contributed by atoms with van der Waals surface area (Å²) in [4.78, 5) is 95.9. The highest BCUT2D eigenvalue weighted by Crippen LogP contribution is 2.31. The number of hydrogen-bond acceptors (Lipinski definition) is 8. The summed E-state index contributed by atoms with van der Waals surface area (Å²) in [5.41, 5.74) is 2.74. The number of phenols is 1. The van der Waals surface area contributed by atoms with E-state index in [9.17, 15) is 48.9 Å². The Hall–Kier alpha value is -6.71. The summed E-state index contributed by atoms with van der Waals surface area (Å²) in [5.74, 6) is -7.77. The first-order valence-corrected chi connectivity index (χ1v) is 19.6. The minimum absolute atomic E-state index is 0.0222. The van der Waals surface area contributed by atoms with Crippen LogP contribution in [0.15, 0.2) is 85.1 Å². The number of amides is 5. The molecule has 1 aliphatic carbocycles. The van der Waals surface area contributed by atoms with Gasteiger partial charge >= 0.3 is 11.9 Å². The molecule has 6 atom stereocenters. The quantitative estimate of drug-likeness (QED) is 0.0668. The lowest BCUT2D eigenvalue weighted by molar-refractivity contribution is -0.149. The Morgan fingerprint density at radius 2 is 1.19 bits per heavy atom. The molecule has 1 aromatic heterocycles. The summed E-state index contributed by atoms with van der Waals surface area (Å²) in [7, 11) is 1.41. The van der Waals surface area contributed by atoms with Gasteiger partial charge in [-0.05, 0) is 54.2 Å². The van der Waals surface area contributed by atoms with E-state index in [1.54, 1.807) is 48.7 Å². The Balaban J connectivity index is 1.39. The molecule has 4 aromatic rings. The van der Waals surface area contributed by atoms with Crippen LogP contribution >= 0.6 is 0 Å². The molecule has 1 aliphatic rings. The van der Waals surface area contributed by atoms with Gasteiger partial charge in [0.05, 0.1) is 11.8 Å². The molecule has 1 fully saturated rings. The Morgan fingerprint density at radius 3 is 1.81 bits per heavy atom. The highest BCUT2D eigenvalue weighted by molar-refractivity contribution is 5.96. The zero-order chi connectivity index (χ0) is 42.5. The van der Waals surface area contributed by atoms with Crippen LogP contribution in [0.5, 0.6) is 5.75 Å². The van der Waals surface area contributed by atoms with Crippen molar-refractivity contribution in [3.63, 3.8) is 0 Å². The third-order valence-corrected chi connectivity index (χ3v) is 10.6. The number of aromatic hydroxyl groups is 1. The van der Waals surface area contributed by atoms with Gasteiger partial charge in [0, 0.05) is 49.8 Å². The van der Waals surface area contributed by atoms with Crippen LogP contribution in [0.3, 0.4) is 0 Å². The predicted molar refractivity (Wildman–Crippen MR) is 216 cm³/mol. The molecule has 5 rings (SSSR count). The van der Waals surface area contributed by atoms with E-state index in [-0.39, 0.29) is 31.4 Å². The number of rotatable bonds is 19. The van der Waals surface area contributed by atoms with Crippen LogP contribution in [0, 0.1) is 11.8 Å². The number of H-pyrrole nitrogens is 1. The van der Waals surface area contributed by atoms with Crippen molar-refractivity contribution >= 4 is 52.4 Å². The van der Waals surface area contributed by atoms with Crippen molar-refractivity contribution in [1.82, 2.24) is 31.6 Å². The van der Waals surface area contributed by atoms with Crippen molar-refractivity contribution in [2.75, 3.05) is 7.05 Å². The van der Waals surface area contributed by atoms with Crippen molar-refractivity contribution in [3.05, 3.63) is 102 Å². The molecule has 0 spiro atoms. The van der Waals surface area contributed by atoms with Gasteiger partial charge in [-0.2, -0.15) is 0 Å². The molecular formula is C43H50N6O10. The van der Waals surface area contributed by atoms with Crippen LogP contribution in [-0.2, 0) is 52.8 Å². The Bertz CT molecular complexity index is 2120. The number of carboxylic acid groups (broad SMARTS) is 2. The number of hydrogen-bond donors (Lipinski definition) is 9. The van der Waals surface area contributed by atoms with Crippen molar-refractivity contribution in [2.24, 2.45) is 11.8 Å². The van der Waals surface area contributed by atoms with Gasteiger partial charge in [-0.1, -0.05) is 73.5 Å². The first kappa shape index (κ1) is 43.4. The monoisotopic (exact) mass is 810 g/mol. The van der Waals surface area contributed by atoms with E-state index in [2.05, 4.69) is 31.6 Å². The van der Waals surface area contributed by atoms with E-state index in [1.165, 1.54) is 19.2 Å². The molecule has 1 heterocycles. The molecular weight excluding hydrogens is 761 g/mol. The number of likely N-dealkylation sites (N-methyl/N-ethyl adjacent to an activating group) is 1. The van der Waals surface area contributed by atoms with E-state index < -0.39 is 83.9 Å². The fourth-order valence-electron chi connectivity index (χ4n) is 7.41. The maximum atomic E-state index is 14.2. The van der Waals surface area contributed by atoms with Gasteiger partial charge in [0.1, 0.15) is 29.9 Å². The number of carbonyl (C=O) groups excluding carboxylic acids is 5. The molecule has 9 N–H and O–H groups in total. The molecule has 16 nitrogen and oxygen atoms in total. The predicted octanol–water partition coefficient (Wildman–Crippen LogP) is 2.34. The SMILES string of the molecule is CNC(=O)[C@H](Cc1c[nH]c2ccccc12)NC(=O)[C@H](CCC(=O)O)NC(=O)[C@H](Cc1ccccc1)NC(=O)[C@H](Cc1ccc(O)cc1)NC(=O)[C@@H]1CCCC[C@@H]1C(=O)O. The minimum atomic E-state index is -1.45. The number of fused-ring (bicyclic) bond motifs is 1. The molecule has 312 valence electrons. The highest BCUT2D eigenvalue weighted by Gasteiger charge is 2.38. The second-order valence-electron chi connectivity index (χ2n) is 14.8. The molecule has 0 aliphatic heterocycles. The molecule has 0 saturated heterocycles. The smallest absolute Gasteiger partial charge is 0.307 e. The van der Waals surface area contributed by atoms with Crippen LogP contribution in [0.4, 0.5) is 0 Å². The van der Waals surface area contributed by atoms with E-state index in [0.29, 0.717) is 36.8 Å². The third kappa shape index (κ3) is 12.1. The summed E-state index contributed by atoms with van der Waals surface area (Å²) in [6.45, 7) is 0. The summed E-state index contributed by atoms with van der Waals surface area (Å²) in [6, 6.07) is 16.9. The second kappa shape index (κ2) is 20.6. The first-order chi connectivity index (χ1) is 28.3. The van der Waals surface area contributed by atoms with Gasteiger partial charge in [0.15, 0.2) is 0 Å². The zero-order valence-corrected chi connectivity index (χ0v) is 32.6. The third-order valence-electron chi connectivity index (χ3n) is 10.6. The fraction of sp³-hybridized carbons (Fsp3) is 0.372. The Labute approximate surface area is 340 Å². The number of para-hydroxylation sites is 1. The van der Waals surface area contributed by atoms with Gasteiger partial charge in [-0.25, -0.2) is 0 Å². The average molecular weight is 811 g/mol. The molecule has 0 radical (unpaired) electrons. The number of benzene rings is 3. The Kier molecular flexibility index (Phi) is 15.2. The number of phenolic OH excluding ortho intramolecular Hbond substituents is 1. The Morgan fingerprint density at radius 1 is 0.644 bits per heavy atom. The molecule has 16 heteroatoms. The average Bonchev–Trinajstić information content (AvgIpc) is 3.64. The topological polar surface area (TPSA) is 256 Å². The van der Waals surface area contributed by atoms with Crippen molar-refractivity contribution in [1.29, 1.82) is 0 Å². The molecule has 59 heavy (non-hydrogen) atoms. The highest BCUT2D eigenvalue weighted by atomic mass is 16.4. The standard InChI is InChI=1S/C43H50N6O10/c1-44-39(54)36(23-27-24-45-32-14-8-7-11-29(27)32)49-40(55)33(19-20-37(51)52)46-41(56)35(21-25-9-3-2-4-10-25)48-42(57)34(22-26-15-17-28(50)18-16-26)47-38(53)30-12-5-6-13-31(30)43(58)59/h2-4,7-11,14-18,24,30-31,33-36,45,50H,5-6,12-13,19-23H2,1H3,(H,44,54)(H,46,56)(H,47,53)(H,48,57)(H,49,55)(H,51,52)(H,58,59)/t30-,31+,33+,34+,35+,36+/m1/s1. The first-order valence-electron chi connectivity index (χ1n) is 19.6. The normalized spacial score (nSPS) is 17.0. The molecule has 5 amide bonds. The molecule has 0 unspecified atom stereocenters. The second-order valence-corrected chi connectivity index (χ2v) is 14.8. The van der Waals surface area contributed by atoms with E-state index in [0.717, 1.165) is 16.5 Å². The number of aromatic amines is 1. The van der Waals surface area contributed by atoms with Gasteiger partial charge in [-0.15, -0.1) is 0 Å². The summed E-state index contributed by atoms with van der Waals surface area (Å²) >= 11 is 0. The van der Waals surface area contributed by atoms with E-state index >= 15 is 0 Å². The number of aliphatic carboxylic acids is 2. The number of aromatic nitrogens is 1. The van der Waals surface area contributed by atoms with Gasteiger partial charge in [0.25, 0.3) is 0 Å². The lowest BCUT2D eigenvalue weighted by Crippen LogP contribution is -2.59. The minimum Gasteiger partial charge on any atom is -0.508 e. The van der Waals surface area contributed by atoms with Crippen molar-refractivity contribution < 1.29 is 48.9 Å². The molecule has 0 bridgehead atoms. The number of carbonyl (C=O) groups is 7. The summed E-state index contributed by atoms with van der Waals surface area (Å²) < 4.78 is 0. The summed E-state index contributed by atoms with van der Waals surface area (Å²) in [5, 5.41) is 43.3. The van der Waals surface area contributed by atoms with E-state index in [1.807, 2.05) is 24.3 Å². The lowest BCUT2D eigenvalue weighted by atomic mass is 9.78. The molecule has 3 aromatic carbocycles. The maximum Gasteiger partial charge on any atom is 0.307 e. The largest absolute Gasteiger partial charge is 0.508 e. The summed E-state index contributed by atoms with van der Waals surface area (Å²) in [6.07, 6.45) is 2.70. The maximum absolute atomic E-state index is 14.2. The van der Waals surface area contributed by atoms with Gasteiger partial charge in [0.2, 0.25) is 29.5 Å².